The van der Waals surface area contributed by atoms with Gasteiger partial charge in [-0.15, -0.1) is 0 Å². The van der Waals surface area contributed by atoms with Crippen molar-refractivity contribution < 1.29 is 78.6 Å². The van der Waals surface area contributed by atoms with Gasteiger partial charge in [0.25, 0.3) is 0 Å². The molecule has 28 amide bonds. The third kappa shape index (κ3) is 6.01. The maximum Gasteiger partial charge on any atom is 0.326 e. The van der Waals surface area contributed by atoms with Crippen LogP contribution in [0.3, 0.4) is 0 Å². The van der Waals surface area contributed by atoms with E-state index in [-0.39, 0.29) is 0 Å². The summed E-state index contributed by atoms with van der Waals surface area (Å²) >= 11 is 0. The van der Waals surface area contributed by atoms with Gasteiger partial charge < -0.3 is 11.5 Å². The zero-order valence-electron chi connectivity index (χ0n) is 52.4. The average Bonchev–Trinajstić information content (AvgIpc) is 1.53. The van der Waals surface area contributed by atoms with E-state index >= 15 is 67.1 Å². The number of nitrogens with zero attached hydrogens (tertiary/aromatic N) is 28. The molecule has 6 N–H and O–H groups in total. The van der Waals surface area contributed by atoms with Crippen molar-refractivity contribution in [3.63, 3.8) is 0 Å². The topological polar surface area (TPSA) is 385 Å². The summed E-state index contributed by atoms with van der Waals surface area (Å²) < 4.78 is 0. The average molecular weight is 1380 g/mol. The second-order valence-electron chi connectivity index (χ2n) is 28.7. The van der Waals surface area contributed by atoms with Crippen molar-refractivity contribution in [2.45, 2.75) is 86.3 Å². The Morgan fingerprint density at radius 2 is 0.270 bits per heavy atom. The Morgan fingerprint density at radius 1 is 0.180 bits per heavy atom. The van der Waals surface area contributed by atoms with Crippen LogP contribution >= 0.6 is 0 Å². The van der Waals surface area contributed by atoms with E-state index in [1.807, 2.05) is 24.3 Å². The molecule has 21 fully saturated rings. The highest BCUT2D eigenvalue weighted by Gasteiger charge is 2.77. The van der Waals surface area contributed by atoms with Gasteiger partial charge in [0.1, 0.15) is 105 Å². The third-order valence-corrected chi connectivity index (χ3v) is 24.4. The van der Waals surface area contributed by atoms with E-state index in [2.05, 4.69) is 47.9 Å². The minimum atomic E-state index is -1.23. The van der Waals surface area contributed by atoms with Gasteiger partial charge >= 0.3 is 84.4 Å². The SMILES string of the molecule is O=C1N2CN3C(=O)N4CN5C(=O)N6CN7C(=O)N8CN9C(=O)N%10CN%11C(=O)N%12CN%13C(=O)N%14CN1C1C2N2CN%15C(=O)N(CN%16C(=O)N(CN%17C(=O)N(CN%18C(=O)N(CN%19C(=O)N(CN%20C(=O)N(CN1C2=O)C%14C%13%20)C%12C%11%19)C%10C9%18)C8C7%17)C6C5%16)C4C3%15.[NH3+]c1ccc(/C=C/c2ccc([NH3+])cc2)cc1. The van der Waals surface area contributed by atoms with Gasteiger partial charge in [0.15, 0.2) is 86.3 Å². The Kier molecular flexibility index (Phi) is 9.56. The lowest BCUT2D eigenvalue weighted by Crippen LogP contribution is -2.63. The molecule has 23 rings (SSSR count). The van der Waals surface area contributed by atoms with Crippen LogP contribution in [0.2, 0.25) is 0 Å². The summed E-state index contributed by atoms with van der Waals surface area (Å²) in [4.78, 5) is 251. The number of rotatable bonds is 2. The molecule has 0 aliphatic carbocycles. The minimum absolute atomic E-state index is 0.507. The fraction of sp³-hybridized carbons (Fsp3) is 0.500. The van der Waals surface area contributed by atoms with E-state index in [4.69, 9.17) is 0 Å². The molecule has 21 saturated heterocycles. The van der Waals surface area contributed by atoms with Crippen molar-refractivity contribution >= 4 is 108 Å². The second-order valence-corrected chi connectivity index (χ2v) is 28.7. The molecule has 44 heteroatoms. The van der Waals surface area contributed by atoms with Crippen molar-refractivity contribution in [2.24, 2.45) is 0 Å². The van der Waals surface area contributed by atoms with Crippen LogP contribution < -0.4 is 11.5 Å². The number of quaternary nitrogens is 2. The van der Waals surface area contributed by atoms with Gasteiger partial charge in [-0.2, -0.15) is 0 Å². The Morgan fingerprint density at radius 3 is 0.360 bits per heavy atom. The summed E-state index contributed by atoms with van der Waals surface area (Å²) in [5, 5.41) is 0. The molecule has 21 heterocycles. The van der Waals surface area contributed by atoms with E-state index in [0.29, 0.717) is 0 Å². The molecule has 21 aliphatic rings. The van der Waals surface area contributed by atoms with Gasteiger partial charge in [0, 0.05) is 0 Å². The fourth-order valence-corrected chi connectivity index (χ4v) is 20.1. The molecule has 0 unspecified atom stereocenters. The van der Waals surface area contributed by atoms with Crippen LogP contribution in [0.4, 0.5) is 78.5 Å². The van der Waals surface area contributed by atoms with Crippen LogP contribution in [-0.2, 0) is 0 Å². The number of benzene rings is 2. The highest BCUT2D eigenvalue weighted by molar-refractivity contribution is 5.96. The van der Waals surface area contributed by atoms with E-state index in [1.54, 1.807) is 0 Å². The van der Waals surface area contributed by atoms with Crippen molar-refractivity contribution in [1.29, 1.82) is 0 Å². The predicted octanol–water partition coefficient (Wildman–Crippen LogP) is -5.00. The van der Waals surface area contributed by atoms with Crippen LogP contribution in [-0.4, -0.2) is 401 Å². The van der Waals surface area contributed by atoms with Crippen molar-refractivity contribution in [3.8, 4) is 0 Å². The van der Waals surface area contributed by atoms with Gasteiger partial charge in [-0.3, -0.25) is 137 Å². The number of carbonyl (C=O) groups is 14. The van der Waals surface area contributed by atoms with Crippen molar-refractivity contribution in [3.05, 3.63) is 59.7 Å². The molecular weight excluding hydrogens is 1320 g/mol. The summed E-state index contributed by atoms with van der Waals surface area (Å²) in [6.07, 6.45) is -13.0. The summed E-state index contributed by atoms with van der Waals surface area (Å²) in [7, 11) is 0. The first-order valence-electron chi connectivity index (χ1n) is 32.8. The lowest BCUT2D eigenvalue weighted by Gasteiger charge is -2.42. The largest absolute Gasteiger partial charge is 0.326 e. The Labute approximate surface area is 561 Å². The van der Waals surface area contributed by atoms with Crippen LogP contribution in [0.5, 0.6) is 0 Å². The maximum atomic E-state index is 15.3. The lowest BCUT2D eigenvalue weighted by atomic mass is 10.1. The standard InChI is InChI=1S/C42H42N28O14.C14H14N2/c71-29-43-1-44-16-18-48(30(44)72)4-52-20-22-56(34(52)76)8-60-24-26-64(38(60)80)12-68-28-27-67(41(68)83)11-63-25-23-59(37(63)79)7-55-21-19-51(33(55)75)3-47(29)17-15(43)45-2-46(16)32(74)50(18)6-54(20)36(78)58(22)10-62(24)40(82)66(26)14-70(28)42(84)69(27)13-65(25)39(81)61(23)9-57(21)35(77)53(19)5-49(17)31(45)73;15-13-7-3-11(4-8-13)1-2-12-5-9-14(16)10-6-12/h15-28H,1-14H2;1-10H,15-16H2/p+2/b;2-1+. The Bertz CT molecular complexity index is 3350. The molecule has 21 aliphatic heterocycles. The quantitative estimate of drug-likeness (QED) is 0.266. The highest BCUT2D eigenvalue weighted by Crippen LogP contribution is 2.53. The molecule has 0 radical (unpaired) electrons. The number of carbonyl (C=O) groups excluding carboxylic acids is 14. The molecular formula is C56H58N30O14+2. The van der Waals surface area contributed by atoms with Gasteiger partial charge in [-0.25, -0.2) is 67.1 Å². The monoisotopic (exact) mass is 1370 g/mol. The van der Waals surface area contributed by atoms with Crippen LogP contribution in [0.25, 0.3) is 12.2 Å². The molecule has 100 heavy (non-hydrogen) atoms. The minimum Gasteiger partial charge on any atom is -0.325 e. The highest BCUT2D eigenvalue weighted by atomic mass is 16.3. The van der Waals surface area contributed by atoms with Gasteiger partial charge in [-0.1, -0.05) is 12.2 Å². The number of hydrogen-bond acceptors (Lipinski definition) is 14. The zero-order valence-corrected chi connectivity index (χ0v) is 52.4. The first kappa shape index (κ1) is 54.9. The molecule has 0 atom stereocenters. The number of amides is 28. The molecule has 514 valence electrons. The molecule has 2 aromatic carbocycles. The van der Waals surface area contributed by atoms with Gasteiger partial charge in [0.2, 0.25) is 0 Å². The number of urea groups is 14. The Hall–Kier alpha value is -12.1. The first-order valence-corrected chi connectivity index (χ1v) is 32.8. The summed E-state index contributed by atoms with van der Waals surface area (Å²) in [5.74, 6) is 0. The summed E-state index contributed by atoms with van der Waals surface area (Å²) in [5.41, 5.74) is 12.2. The summed E-state index contributed by atoms with van der Waals surface area (Å²) in [6, 6.07) is 6.36. The lowest BCUT2D eigenvalue weighted by molar-refractivity contribution is -0.255. The van der Waals surface area contributed by atoms with Gasteiger partial charge in [0.05, 0.1) is 0 Å². The van der Waals surface area contributed by atoms with Crippen molar-refractivity contribution in [1.82, 2.24) is 137 Å². The summed E-state index contributed by atoms with van der Waals surface area (Å²) in [6.45, 7) is -7.10. The zero-order chi connectivity index (χ0) is 67.6. The van der Waals surface area contributed by atoms with Crippen LogP contribution in [0, 0.1) is 0 Å². The van der Waals surface area contributed by atoms with Crippen molar-refractivity contribution in [2.75, 3.05) is 93.4 Å². The van der Waals surface area contributed by atoms with Crippen LogP contribution in [0.15, 0.2) is 48.5 Å². The molecule has 0 aromatic heterocycles. The molecule has 0 saturated carbocycles. The fourth-order valence-electron chi connectivity index (χ4n) is 20.1. The third-order valence-electron chi connectivity index (χ3n) is 24.4. The normalized spacial score (nSPS) is 35.6. The Balaban J connectivity index is 0.000000344. The van der Waals surface area contributed by atoms with E-state index in [9.17, 15) is 0 Å². The first-order chi connectivity index (χ1) is 48.3. The van der Waals surface area contributed by atoms with Gasteiger partial charge in [-0.05, 0) is 59.7 Å². The smallest absolute Gasteiger partial charge is 0.325 e. The molecule has 0 spiro atoms. The van der Waals surface area contributed by atoms with E-state index in [0.717, 1.165) is 11.4 Å². The van der Waals surface area contributed by atoms with Crippen LogP contribution in [0.1, 0.15) is 11.1 Å². The second kappa shape index (κ2) is 17.4. The number of hydrogen-bond donors (Lipinski definition) is 2. The molecule has 2 aromatic rings. The maximum absolute atomic E-state index is 15.3. The predicted molar refractivity (Wildman–Crippen MR) is 315 cm³/mol. The van der Waals surface area contributed by atoms with E-state index in [1.165, 1.54) is 148 Å². The molecule has 0 bridgehead atoms. The van der Waals surface area contributed by atoms with E-state index < -0.39 is 264 Å². The molecule has 44 nitrogen and oxygen atoms in total.